The lowest BCUT2D eigenvalue weighted by molar-refractivity contribution is 0.0536. The van der Waals surface area contributed by atoms with E-state index < -0.39 is 0 Å². The molecule has 1 aromatic rings. The molecule has 1 aliphatic rings. The Morgan fingerprint density at radius 2 is 2.10 bits per heavy atom. The van der Waals surface area contributed by atoms with E-state index in [0.717, 1.165) is 49.2 Å². The van der Waals surface area contributed by atoms with Crippen molar-refractivity contribution in [3.63, 3.8) is 0 Å². The van der Waals surface area contributed by atoms with Gasteiger partial charge in [-0.15, -0.1) is 0 Å². The van der Waals surface area contributed by atoms with E-state index >= 15 is 0 Å². The summed E-state index contributed by atoms with van der Waals surface area (Å²) in [5.41, 5.74) is 1.34. The van der Waals surface area contributed by atoms with Gasteiger partial charge in [0.25, 0.3) is 0 Å². The summed E-state index contributed by atoms with van der Waals surface area (Å²) in [5, 5.41) is 3.72. The van der Waals surface area contributed by atoms with Crippen LogP contribution in [0.1, 0.15) is 44.7 Å². The highest BCUT2D eigenvalue weighted by molar-refractivity contribution is 9.10. The molecule has 1 fully saturated rings. The van der Waals surface area contributed by atoms with E-state index in [4.69, 9.17) is 9.47 Å². The molecule has 1 aliphatic heterocycles. The molecule has 1 N–H and O–H groups in total. The molecule has 1 aromatic carbocycles. The number of hydrogen-bond donors (Lipinski definition) is 1. The van der Waals surface area contributed by atoms with Gasteiger partial charge in [-0.3, -0.25) is 0 Å². The fourth-order valence-corrected chi connectivity index (χ4v) is 3.40. The molecule has 1 atom stereocenters. The molecule has 118 valence electrons. The van der Waals surface area contributed by atoms with Gasteiger partial charge in [0, 0.05) is 19.3 Å². The first-order chi connectivity index (χ1) is 10.3. The highest BCUT2D eigenvalue weighted by Gasteiger charge is 2.25. The van der Waals surface area contributed by atoms with E-state index in [1.807, 2.05) is 6.92 Å². The monoisotopic (exact) mass is 355 g/mol. The average molecular weight is 356 g/mol. The third-order valence-corrected chi connectivity index (χ3v) is 4.59. The highest BCUT2D eigenvalue weighted by Crippen LogP contribution is 2.34. The van der Waals surface area contributed by atoms with Crippen molar-refractivity contribution >= 4 is 15.9 Å². The van der Waals surface area contributed by atoms with E-state index in [1.54, 1.807) is 0 Å². The standard InChI is InChI=1S/C17H26BrNO2/c1-3-9-19-17(13-7-10-20-11-8-13)14-5-6-16(21-4-2)15(18)12-14/h5-6,12-13,17,19H,3-4,7-11H2,1-2H3. The minimum absolute atomic E-state index is 0.404. The summed E-state index contributed by atoms with van der Waals surface area (Å²) in [7, 11) is 0. The molecule has 0 amide bonds. The maximum absolute atomic E-state index is 5.61. The number of benzene rings is 1. The van der Waals surface area contributed by atoms with Crippen molar-refractivity contribution in [3.05, 3.63) is 28.2 Å². The van der Waals surface area contributed by atoms with Crippen LogP contribution >= 0.6 is 15.9 Å². The van der Waals surface area contributed by atoms with Crippen LogP contribution in [0.4, 0.5) is 0 Å². The van der Waals surface area contributed by atoms with Gasteiger partial charge >= 0.3 is 0 Å². The summed E-state index contributed by atoms with van der Waals surface area (Å²) in [6.45, 7) is 7.72. The van der Waals surface area contributed by atoms with Crippen molar-refractivity contribution in [2.45, 2.75) is 39.2 Å². The lowest BCUT2D eigenvalue weighted by Crippen LogP contribution is -2.32. The Labute approximate surface area is 136 Å². The summed E-state index contributed by atoms with van der Waals surface area (Å²) in [5.74, 6) is 1.57. The SMILES string of the molecule is CCCNC(c1ccc(OCC)c(Br)c1)C1CCOCC1. The first-order valence-electron chi connectivity index (χ1n) is 7.99. The van der Waals surface area contributed by atoms with Crippen molar-refractivity contribution in [2.75, 3.05) is 26.4 Å². The molecular formula is C17H26BrNO2. The third kappa shape index (κ3) is 4.70. The topological polar surface area (TPSA) is 30.5 Å². The number of rotatable bonds is 7. The number of halogens is 1. The van der Waals surface area contributed by atoms with Gasteiger partial charge in [-0.25, -0.2) is 0 Å². The highest BCUT2D eigenvalue weighted by atomic mass is 79.9. The van der Waals surface area contributed by atoms with Crippen LogP contribution in [0.5, 0.6) is 5.75 Å². The molecule has 1 heterocycles. The van der Waals surface area contributed by atoms with Crippen molar-refractivity contribution < 1.29 is 9.47 Å². The molecule has 0 aromatic heterocycles. The Morgan fingerprint density at radius 1 is 1.33 bits per heavy atom. The van der Waals surface area contributed by atoms with Crippen LogP contribution in [0.2, 0.25) is 0 Å². The normalized spacial score (nSPS) is 17.7. The van der Waals surface area contributed by atoms with Crippen molar-refractivity contribution in [3.8, 4) is 5.75 Å². The minimum Gasteiger partial charge on any atom is -0.493 e. The van der Waals surface area contributed by atoms with Gasteiger partial charge in [-0.1, -0.05) is 13.0 Å². The minimum atomic E-state index is 0.404. The van der Waals surface area contributed by atoms with E-state index in [1.165, 1.54) is 5.56 Å². The van der Waals surface area contributed by atoms with Crippen molar-refractivity contribution in [2.24, 2.45) is 5.92 Å². The first-order valence-corrected chi connectivity index (χ1v) is 8.79. The molecule has 2 rings (SSSR count). The molecule has 0 radical (unpaired) electrons. The lowest BCUT2D eigenvalue weighted by atomic mass is 9.87. The molecule has 3 nitrogen and oxygen atoms in total. The summed E-state index contributed by atoms with van der Waals surface area (Å²) >= 11 is 3.63. The van der Waals surface area contributed by atoms with Gasteiger partial charge in [-0.2, -0.15) is 0 Å². The second-order valence-electron chi connectivity index (χ2n) is 5.50. The Kier molecular flexibility index (Phi) is 7.00. The van der Waals surface area contributed by atoms with E-state index in [0.29, 0.717) is 18.6 Å². The number of ether oxygens (including phenoxy) is 2. The molecule has 0 aliphatic carbocycles. The van der Waals surface area contributed by atoms with E-state index in [2.05, 4.69) is 46.4 Å². The molecule has 0 saturated carbocycles. The smallest absolute Gasteiger partial charge is 0.133 e. The summed E-state index contributed by atoms with van der Waals surface area (Å²) in [4.78, 5) is 0. The van der Waals surface area contributed by atoms with Gasteiger partial charge < -0.3 is 14.8 Å². The number of hydrogen-bond acceptors (Lipinski definition) is 3. The van der Waals surface area contributed by atoms with Crippen LogP contribution in [0.3, 0.4) is 0 Å². The van der Waals surface area contributed by atoms with Crippen LogP contribution in [-0.2, 0) is 4.74 Å². The predicted octanol–water partition coefficient (Wildman–Crippen LogP) is 4.32. The predicted molar refractivity (Wildman–Crippen MR) is 89.9 cm³/mol. The second kappa shape index (κ2) is 8.76. The van der Waals surface area contributed by atoms with Gasteiger partial charge in [-0.05, 0) is 72.3 Å². The second-order valence-corrected chi connectivity index (χ2v) is 6.36. The average Bonchev–Trinajstić information content (AvgIpc) is 2.51. The van der Waals surface area contributed by atoms with Crippen LogP contribution in [0.25, 0.3) is 0 Å². The maximum atomic E-state index is 5.61. The Hall–Kier alpha value is -0.580. The van der Waals surface area contributed by atoms with Crippen molar-refractivity contribution in [1.29, 1.82) is 0 Å². The van der Waals surface area contributed by atoms with Crippen molar-refractivity contribution in [1.82, 2.24) is 5.32 Å². The molecule has 0 bridgehead atoms. The zero-order valence-electron chi connectivity index (χ0n) is 13.0. The molecule has 1 unspecified atom stereocenters. The fourth-order valence-electron chi connectivity index (χ4n) is 2.89. The molecule has 1 saturated heterocycles. The molecular weight excluding hydrogens is 330 g/mol. The van der Waals surface area contributed by atoms with Gasteiger partial charge in [0.2, 0.25) is 0 Å². The van der Waals surface area contributed by atoms with Gasteiger partial charge in [0.1, 0.15) is 5.75 Å². The summed E-state index contributed by atoms with van der Waals surface area (Å²) in [6, 6.07) is 6.87. The quantitative estimate of drug-likeness (QED) is 0.790. The third-order valence-electron chi connectivity index (χ3n) is 3.97. The van der Waals surface area contributed by atoms with Gasteiger partial charge in [0.15, 0.2) is 0 Å². The zero-order chi connectivity index (χ0) is 15.1. The lowest BCUT2D eigenvalue weighted by Gasteiger charge is -2.31. The number of nitrogens with one attached hydrogen (secondary N) is 1. The van der Waals surface area contributed by atoms with Crippen LogP contribution in [0.15, 0.2) is 22.7 Å². The molecule has 0 spiro atoms. The van der Waals surface area contributed by atoms with Crippen LogP contribution < -0.4 is 10.1 Å². The largest absolute Gasteiger partial charge is 0.493 e. The maximum Gasteiger partial charge on any atom is 0.133 e. The van der Waals surface area contributed by atoms with Crippen LogP contribution in [-0.4, -0.2) is 26.4 Å². The summed E-state index contributed by atoms with van der Waals surface area (Å²) < 4.78 is 12.2. The Bertz CT molecular complexity index is 433. The van der Waals surface area contributed by atoms with Gasteiger partial charge in [0.05, 0.1) is 11.1 Å². The zero-order valence-corrected chi connectivity index (χ0v) is 14.6. The Morgan fingerprint density at radius 3 is 2.71 bits per heavy atom. The first kappa shape index (κ1) is 16.8. The van der Waals surface area contributed by atoms with E-state index in [-0.39, 0.29) is 0 Å². The molecule has 4 heteroatoms. The van der Waals surface area contributed by atoms with E-state index in [9.17, 15) is 0 Å². The molecule has 21 heavy (non-hydrogen) atoms. The Balaban J connectivity index is 2.16. The van der Waals surface area contributed by atoms with Crippen LogP contribution in [0, 0.1) is 5.92 Å². The fraction of sp³-hybridized carbons (Fsp3) is 0.647. The summed E-state index contributed by atoms with van der Waals surface area (Å²) in [6.07, 6.45) is 3.41.